The summed E-state index contributed by atoms with van der Waals surface area (Å²) in [5.74, 6) is -0.427. The molecule has 36 heavy (non-hydrogen) atoms. The van der Waals surface area contributed by atoms with Gasteiger partial charge in [-0.05, 0) is 55.8 Å². The number of methoxy groups -OCH3 is 1. The van der Waals surface area contributed by atoms with Crippen LogP contribution in [-0.2, 0) is 0 Å². The van der Waals surface area contributed by atoms with E-state index in [1.807, 2.05) is 12.1 Å². The van der Waals surface area contributed by atoms with Crippen LogP contribution in [-0.4, -0.2) is 63.0 Å². The number of carbonyl (C=O) groups is 1. The molecular weight excluding hydrogens is 477 g/mol. The van der Waals surface area contributed by atoms with E-state index in [1.54, 1.807) is 6.07 Å². The summed E-state index contributed by atoms with van der Waals surface area (Å²) < 4.78 is 61.3. The fourth-order valence-electron chi connectivity index (χ4n) is 4.49. The van der Waals surface area contributed by atoms with E-state index >= 15 is 0 Å². The van der Waals surface area contributed by atoms with Crippen molar-refractivity contribution in [2.75, 3.05) is 33.4 Å². The molecule has 2 heterocycles. The van der Waals surface area contributed by atoms with Gasteiger partial charge in [0.1, 0.15) is 41.2 Å². The van der Waals surface area contributed by atoms with Crippen molar-refractivity contribution in [3.63, 3.8) is 0 Å². The topological polar surface area (TPSA) is 73.2 Å². The molecule has 0 radical (unpaired) electrons. The van der Waals surface area contributed by atoms with E-state index in [-0.39, 0.29) is 23.5 Å². The summed E-state index contributed by atoms with van der Waals surface area (Å²) in [6, 6.07) is 7.65. The van der Waals surface area contributed by atoms with Crippen LogP contribution in [0.25, 0.3) is 22.1 Å². The lowest BCUT2D eigenvalue weighted by Crippen LogP contribution is -2.28. The van der Waals surface area contributed by atoms with E-state index in [2.05, 4.69) is 15.0 Å². The highest BCUT2D eigenvalue weighted by Crippen LogP contribution is 2.40. The summed E-state index contributed by atoms with van der Waals surface area (Å²) in [6.45, 7) is 0.455. The molecule has 1 amide bonds. The van der Waals surface area contributed by atoms with E-state index < -0.39 is 24.7 Å². The average molecular weight is 505 g/mol. The first kappa shape index (κ1) is 24.3. The lowest BCUT2D eigenvalue weighted by Gasteiger charge is -2.16. The molecule has 2 aliphatic rings. The van der Waals surface area contributed by atoms with Crippen molar-refractivity contribution in [3.05, 3.63) is 42.2 Å². The summed E-state index contributed by atoms with van der Waals surface area (Å²) >= 11 is 0. The molecule has 1 saturated carbocycles. The second kappa shape index (κ2) is 10.3. The third-order valence-electron chi connectivity index (χ3n) is 6.49. The maximum Gasteiger partial charge on any atom is 0.387 e. The number of halogens is 3. The van der Waals surface area contributed by atoms with E-state index in [9.17, 15) is 18.0 Å². The normalized spacial score (nSPS) is 19.6. The zero-order chi connectivity index (χ0) is 25.2. The number of hydrogen-bond donors (Lipinski definition) is 1. The van der Waals surface area contributed by atoms with Crippen LogP contribution in [0.3, 0.4) is 0 Å². The van der Waals surface area contributed by atoms with Crippen LogP contribution in [0, 0.1) is 0 Å². The van der Waals surface area contributed by atoms with E-state index in [0.717, 1.165) is 25.0 Å². The largest absolute Gasteiger partial charge is 0.496 e. The molecule has 0 bridgehead atoms. The highest BCUT2D eigenvalue weighted by atomic mass is 19.3. The maximum atomic E-state index is 13.3. The molecule has 5 rings (SSSR count). The molecule has 7 nitrogen and oxygen atoms in total. The highest BCUT2D eigenvalue weighted by Gasteiger charge is 2.40. The van der Waals surface area contributed by atoms with Gasteiger partial charge < -0.3 is 23.9 Å². The van der Waals surface area contributed by atoms with Gasteiger partial charge in [-0.2, -0.15) is 8.78 Å². The average Bonchev–Trinajstić information content (AvgIpc) is 3.22. The predicted molar refractivity (Wildman–Crippen MR) is 127 cm³/mol. The predicted octanol–water partition coefficient (Wildman–Crippen LogP) is 5.02. The number of rotatable bonds is 10. The summed E-state index contributed by atoms with van der Waals surface area (Å²) in [5.41, 5.74) is 1.39. The molecule has 1 N–H and O–H groups in total. The molecule has 0 spiro atoms. The molecular formula is C26H27F3N2O5. The lowest BCUT2D eigenvalue weighted by atomic mass is 10.0. The third kappa shape index (κ3) is 5.23. The van der Waals surface area contributed by atoms with Gasteiger partial charge in [0.2, 0.25) is 0 Å². The van der Waals surface area contributed by atoms with E-state index in [4.69, 9.17) is 13.9 Å². The van der Waals surface area contributed by atoms with Crippen LogP contribution >= 0.6 is 0 Å². The minimum Gasteiger partial charge on any atom is -0.496 e. The van der Waals surface area contributed by atoms with E-state index in [1.165, 1.54) is 38.3 Å². The standard InChI is InChI=1S/C26H27F3N2O5/c1-33-22-10-15(11-23(36-26(28)29)24(22)25(32)30-20-13-19(20)27)18-14-35-21-12-16(4-5-17(18)21)34-9-8-31-6-2-3-7-31/h4-5,10-12,14,19-20,26H,2-3,6-9,13H2,1H3,(H,30,32)/t19-,20+/m1/s1. The van der Waals surface area contributed by atoms with Crippen molar-refractivity contribution < 1.29 is 36.6 Å². The molecule has 1 saturated heterocycles. The lowest BCUT2D eigenvalue weighted by molar-refractivity contribution is -0.0502. The Morgan fingerprint density at radius 2 is 1.94 bits per heavy atom. The minimum atomic E-state index is -3.17. The number of benzene rings is 2. The molecule has 2 aromatic carbocycles. The smallest absolute Gasteiger partial charge is 0.387 e. The first-order chi connectivity index (χ1) is 17.4. The molecule has 3 aromatic rings. The molecule has 1 aliphatic carbocycles. The number of alkyl halides is 3. The molecule has 2 atom stereocenters. The quantitative estimate of drug-likeness (QED) is 0.418. The third-order valence-corrected chi connectivity index (χ3v) is 6.49. The Labute approximate surface area is 206 Å². The monoisotopic (exact) mass is 504 g/mol. The van der Waals surface area contributed by atoms with Gasteiger partial charge in [0, 0.05) is 30.0 Å². The molecule has 10 heteroatoms. The van der Waals surface area contributed by atoms with Gasteiger partial charge in [-0.3, -0.25) is 9.69 Å². The van der Waals surface area contributed by atoms with Gasteiger partial charge in [0.15, 0.2) is 0 Å². The first-order valence-electron chi connectivity index (χ1n) is 11.9. The highest BCUT2D eigenvalue weighted by molar-refractivity contribution is 6.02. The summed E-state index contributed by atoms with van der Waals surface area (Å²) in [5, 5.41) is 3.20. The van der Waals surface area contributed by atoms with Crippen LogP contribution in [0.1, 0.15) is 29.6 Å². The number of nitrogens with zero attached hydrogens (tertiary/aromatic N) is 1. The van der Waals surface area contributed by atoms with Crippen molar-refractivity contribution in [1.82, 2.24) is 10.2 Å². The number of likely N-dealkylation sites (tertiary alicyclic amines) is 1. The second-order valence-corrected chi connectivity index (χ2v) is 8.97. The Balaban J connectivity index is 1.41. The van der Waals surface area contributed by atoms with Gasteiger partial charge >= 0.3 is 6.61 Å². The summed E-state index contributed by atoms with van der Waals surface area (Å²) in [7, 11) is 1.32. The number of fused-ring (bicyclic) bond motifs is 1. The molecule has 1 aromatic heterocycles. The number of nitrogens with one attached hydrogen (secondary N) is 1. The Hall–Kier alpha value is -3.40. The Bertz CT molecular complexity index is 1240. The van der Waals surface area contributed by atoms with E-state index in [0.29, 0.717) is 29.1 Å². The zero-order valence-electron chi connectivity index (χ0n) is 19.8. The minimum absolute atomic E-state index is 0.0212. The first-order valence-corrected chi connectivity index (χ1v) is 11.9. The second-order valence-electron chi connectivity index (χ2n) is 8.97. The van der Waals surface area contributed by atoms with Crippen LogP contribution < -0.4 is 19.5 Å². The number of ether oxygens (including phenoxy) is 3. The summed E-state index contributed by atoms with van der Waals surface area (Å²) in [6.07, 6.45) is 2.98. The molecule has 192 valence electrons. The Kier molecular flexibility index (Phi) is 6.95. The van der Waals surface area contributed by atoms with Crippen molar-refractivity contribution in [3.8, 4) is 28.4 Å². The van der Waals surface area contributed by atoms with Crippen molar-refractivity contribution in [2.45, 2.75) is 38.1 Å². The number of carbonyl (C=O) groups excluding carboxylic acids is 1. The number of furan rings is 1. The number of amides is 1. The fourth-order valence-corrected chi connectivity index (χ4v) is 4.49. The van der Waals surface area contributed by atoms with Gasteiger partial charge in [-0.15, -0.1) is 0 Å². The van der Waals surface area contributed by atoms with Crippen LogP contribution in [0.4, 0.5) is 13.2 Å². The number of hydrogen-bond acceptors (Lipinski definition) is 6. The summed E-state index contributed by atoms with van der Waals surface area (Å²) in [4.78, 5) is 15.1. The van der Waals surface area contributed by atoms with Gasteiger partial charge in [0.05, 0.1) is 19.4 Å². The fraction of sp³-hybridized carbons (Fsp3) is 0.423. The molecule has 2 fully saturated rings. The van der Waals surface area contributed by atoms with Gasteiger partial charge in [-0.1, -0.05) is 0 Å². The van der Waals surface area contributed by atoms with Gasteiger partial charge in [-0.25, -0.2) is 4.39 Å². The Morgan fingerprint density at radius 1 is 1.19 bits per heavy atom. The van der Waals surface area contributed by atoms with Crippen LogP contribution in [0.5, 0.6) is 17.2 Å². The Morgan fingerprint density at radius 3 is 2.64 bits per heavy atom. The SMILES string of the molecule is COc1cc(-c2coc3cc(OCCN4CCCC4)ccc23)cc(OC(F)F)c1C(=O)N[C@H]1C[C@H]1F. The van der Waals surface area contributed by atoms with Crippen molar-refractivity contribution in [1.29, 1.82) is 0 Å². The molecule has 0 unspecified atom stereocenters. The van der Waals surface area contributed by atoms with Crippen molar-refractivity contribution in [2.24, 2.45) is 0 Å². The van der Waals surface area contributed by atoms with Crippen molar-refractivity contribution >= 4 is 16.9 Å². The van der Waals surface area contributed by atoms with Gasteiger partial charge in [0.25, 0.3) is 5.91 Å². The molecule has 1 aliphatic heterocycles. The van der Waals surface area contributed by atoms with Crippen LogP contribution in [0.15, 0.2) is 41.0 Å². The zero-order valence-corrected chi connectivity index (χ0v) is 19.8. The maximum absolute atomic E-state index is 13.3. The van der Waals surface area contributed by atoms with Crippen LogP contribution in [0.2, 0.25) is 0 Å².